The molecule has 2 atom stereocenters. The second-order valence-corrected chi connectivity index (χ2v) is 6.05. The van der Waals surface area contributed by atoms with Crippen LogP contribution in [-0.4, -0.2) is 23.1 Å². The minimum Gasteiger partial charge on any atom is -0.508 e. The highest BCUT2D eigenvalue weighted by Gasteiger charge is 2.37. The molecule has 2 aromatic carbocycles. The first-order valence-electron chi connectivity index (χ1n) is 8.35. The largest absolute Gasteiger partial charge is 0.508 e. The molecule has 0 aliphatic carbocycles. The van der Waals surface area contributed by atoms with Crippen LogP contribution >= 0.6 is 0 Å². The van der Waals surface area contributed by atoms with Crippen molar-refractivity contribution < 1.29 is 19.4 Å². The van der Waals surface area contributed by atoms with Crippen LogP contribution in [0.2, 0.25) is 0 Å². The van der Waals surface area contributed by atoms with E-state index in [1.165, 1.54) is 11.6 Å². The smallest absolute Gasteiger partial charge is 0.210 e. The van der Waals surface area contributed by atoms with Gasteiger partial charge in [-0.1, -0.05) is 26.0 Å². The average Bonchev–Trinajstić information content (AvgIpc) is 2.59. The average molecular weight is 326 g/mol. The summed E-state index contributed by atoms with van der Waals surface area (Å²) in [6.07, 6.45) is 0.479. The summed E-state index contributed by atoms with van der Waals surface area (Å²) in [5.41, 5.74) is 2.42. The van der Waals surface area contributed by atoms with Crippen molar-refractivity contribution in [1.29, 1.82) is 0 Å². The van der Waals surface area contributed by atoms with Crippen LogP contribution in [0.1, 0.15) is 42.3 Å². The minimum absolute atomic E-state index is 0.113. The maximum atomic E-state index is 12.8. The van der Waals surface area contributed by atoms with Crippen molar-refractivity contribution in [3.8, 4) is 17.2 Å². The summed E-state index contributed by atoms with van der Waals surface area (Å²) in [6.45, 7) is 5.83. The van der Waals surface area contributed by atoms with Crippen LogP contribution < -0.4 is 9.47 Å². The number of aromatic hydroxyl groups is 1. The molecule has 4 nitrogen and oxygen atoms in total. The molecule has 126 valence electrons. The number of phenolic OH excluding ortho intramolecular Hbond substituents is 1. The fourth-order valence-corrected chi connectivity index (χ4v) is 2.92. The molecule has 1 aliphatic heterocycles. The van der Waals surface area contributed by atoms with Gasteiger partial charge >= 0.3 is 0 Å². The van der Waals surface area contributed by atoms with E-state index in [0.717, 1.165) is 12.0 Å². The van der Waals surface area contributed by atoms with Gasteiger partial charge in [0.05, 0.1) is 5.56 Å². The molecule has 1 aliphatic rings. The fraction of sp³-hybridized carbons (Fsp3) is 0.350. The summed E-state index contributed by atoms with van der Waals surface area (Å²) in [5.74, 6) is 1.12. The first kappa shape index (κ1) is 16.4. The van der Waals surface area contributed by atoms with Crippen molar-refractivity contribution in [1.82, 2.24) is 0 Å². The molecule has 0 saturated carbocycles. The van der Waals surface area contributed by atoms with Crippen LogP contribution in [-0.2, 0) is 12.8 Å². The van der Waals surface area contributed by atoms with Crippen molar-refractivity contribution in [2.45, 2.75) is 45.8 Å². The van der Waals surface area contributed by atoms with Gasteiger partial charge in [0, 0.05) is 6.07 Å². The van der Waals surface area contributed by atoms with E-state index < -0.39 is 12.2 Å². The van der Waals surface area contributed by atoms with Crippen LogP contribution in [0.25, 0.3) is 0 Å². The number of fused-ring (bicyclic) bond motifs is 1. The van der Waals surface area contributed by atoms with Gasteiger partial charge < -0.3 is 14.6 Å². The topological polar surface area (TPSA) is 55.8 Å². The molecule has 0 spiro atoms. The maximum absolute atomic E-state index is 12.8. The van der Waals surface area contributed by atoms with Crippen molar-refractivity contribution in [3.05, 3.63) is 53.1 Å². The molecule has 0 radical (unpaired) electrons. The zero-order chi connectivity index (χ0) is 17.3. The summed E-state index contributed by atoms with van der Waals surface area (Å²) >= 11 is 0. The third kappa shape index (κ3) is 2.96. The predicted molar refractivity (Wildman–Crippen MR) is 92.1 cm³/mol. The fourth-order valence-electron chi connectivity index (χ4n) is 2.92. The molecule has 1 N–H and O–H groups in total. The van der Waals surface area contributed by atoms with Gasteiger partial charge in [0.15, 0.2) is 6.10 Å². The van der Waals surface area contributed by atoms with Crippen LogP contribution in [0.5, 0.6) is 17.2 Å². The van der Waals surface area contributed by atoms with Gasteiger partial charge in [-0.25, -0.2) is 0 Å². The lowest BCUT2D eigenvalue weighted by Crippen LogP contribution is -2.44. The van der Waals surface area contributed by atoms with E-state index in [2.05, 4.69) is 6.92 Å². The number of ether oxygens (including phenoxy) is 2. The quantitative estimate of drug-likeness (QED) is 0.925. The monoisotopic (exact) mass is 326 g/mol. The van der Waals surface area contributed by atoms with Crippen LogP contribution in [0, 0.1) is 0 Å². The Bertz CT molecular complexity index is 749. The number of aryl methyl sites for hydroxylation is 2. The molecular formula is C20H22O4. The number of phenols is 1. The summed E-state index contributed by atoms with van der Waals surface area (Å²) in [5, 5.41) is 9.97. The summed E-state index contributed by atoms with van der Waals surface area (Å²) in [7, 11) is 0. The molecule has 1 heterocycles. The maximum Gasteiger partial charge on any atom is 0.210 e. The molecule has 0 amide bonds. The molecule has 4 heteroatoms. The number of Topliss-reactive ketones (excluding diaryl/α,β-unsaturated/α-hetero) is 1. The minimum atomic E-state index is -0.695. The van der Waals surface area contributed by atoms with Crippen molar-refractivity contribution >= 4 is 5.78 Å². The van der Waals surface area contributed by atoms with Gasteiger partial charge in [-0.05, 0) is 49.1 Å². The highest BCUT2D eigenvalue weighted by molar-refractivity contribution is 6.03. The first-order chi connectivity index (χ1) is 11.5. The SMILES string of the molecule is CCc1ccc(OC2C(=O)c3cc(CC)c(O)cc3OC2C)cc1. The summed E-state index contributed by atoms with van der Waals surface area (Å²) < 4.78 is 11.7. The Balaban J connectivity index is 1.88. The molecule has 0 saturated heterocycles. The molecule has 3 rings (SSSR count). The third-order valence-corrected chi connectivity index (χ3v) is 4.42. The van der Waals surface area contributed by atoms with E-state index in [-0.39, 0.29) is 11.5 Å². The number of hydrogen-bond donors (Lipinski definition) is 1. The van der Waals surface area contributed by atoms with Gasteiger partial charge in [-0.2, -0.15) is 0 Å². The highest BCUT2D eigenvalue weighted by Crippen LogP contribution is 2.35. The Morgan fingerprint density at radius 3 is 2.46 bits per heavy atom. The standard InChI is InChI=1S/C20H22O4/c1-4-13-6-8-15(9-7-13)24-20-12(3)23-18-11-17(21)14(5-2)10-16(18)19(20)22/h6-12,20-21H,4-5H2,1-3H3. The Labute approximate surface area is 142 Å². The van der Waals surface area contributed by atoms with E-state index in [9.17, 15) is 9.90 Å². The van der Waals surface area contributed by atoms with Gasteiger partial charge in [-0.15, -0.1) is 0 Å². The van der Waals surface area contributed by atoms with Crippen LogP contribution in [0.3, 0.4) is 0 Å². The van der Waals surface area contributed by atoms with Crippen molar-refractivity contribution in [2.24, 2.45) is 0 Å². The van der Waals surface area contributed by atoms with Crippen LogP contribution in [0.4, 0.5) is 0 Å². The normalized spacial score (nSPS) is 19.5. The number of rotatable bonds is 4. The molecular weight excluding hydrogens is 304 g/mol. The van der Waals surface area contributed by atoms with Crippen LogP contribution in [0.15, 0.2) is 36.4 Å². The molecule has 2 unspecified atom stereocenters. The zero-order valence-corrected chi connectivity index (χ0v) is 14.2. The Morgan fingerprint density at radius 2 is 1.83 bits per heavy atom. The first-order valence-corrected chi connectivity index (χ1v) is 8.35. The van der Waals surface area contributed by atoms with E-state index >= 15 is 0 Å². The van der Waals surface area contributed by atoms with Gasteiger partial charge in [0.25, 0.3) is 0 Å². The predicted octanol–water partition coefficient (Wildman–Crippen LogP) is 3.93. The van der Waals surface area contributed by atoms with Gasteiger partial charge in [0.2, 0.25) is 5.78 Å². The molecule has 24 heavy (non-hydrogen) atoms. The lowest BCUT2D eigenvalue weighted by Gasteiger charge is -2.31. The number of carbonyl (C=O) groups excluding carboxylic acids is 1. The van der Waals surface area contributed by atoms with Crippen molar-refractivity contribution in [2.75, 3.05) is 0 Å². The van der Waals surface area contributed by atoms with Gasteiger partial charge in [-0.3, -0.25) is 4.79 Å². The number of carbonyl (C=O) groups is 1. The van der Waals surface area contributed by atoms with Crippen molar-refractivity contribution in [3.63, 3.8) is 0 Å². The van der Waals surface area contributed by atoms with E-state index in [1.807, 2.05) is 31.2 Å². The summed E-state index contributed by atoms with van der Waals surface area (Å²) in [4.78, 5) is 12.8. The van der Waals surface area contributed by atoms with E-state index in [0.29, 0.717) is 23.5 Å². The molecule has 0 fully saturated rings. The number of hydrogen-bond acceptors (Lipinski definition) is 4. The summed E-state index contributed by atoms with van der Waals surface area (Å²) in [6, 6.07) is 11.0. The van der Waals surface area contributed by atoms with Gasteiger partial charge in [0.1, 0.15) is 23.4 Å². The molecule has 2 aromatic rings. The Kier molecular flexibility index (Phi) is 4.47. The van der Waals surface area contributed by atoms with E-state index in [4.69, 9.17) is 9.47 Å². The molecule has 0 aromatic heterocycles. The lowest BCUT2D eigenvalue weighted by molar-refractivity contribution is 0.0389. The number of benzene rings is 2. The molecule has 0 bridgehead atoms. The Morgan fingerprint density at radius 1 is 1.12 bits per heavy atom. The third-order valence-electron chi connectivity index (χ3n) is 4.42. The second kappa shape index (κ2) is 6.56. The lowest BCUT2D eigenvalue weighted by atomic mass is 9.95. The number of ketones is 1. The highest BCUT2D eigenvalue weighted by atomic mass is 16.5. The Hall–Kier alpha value is -2.49. The van der Waals surface area contributed by atoms with E-state index in [1.54, 1.807) is 13.0 Å². The zero-order valence-electron chi connectivity index (χ0n) is 14.2. The second-order valence-electron chi connectivity index (χ2n) is 6.05.